The third-order valence-corrected chi connectivity index (χ3v) is 5.49. The Kier molecular flexibility index (Phi) is 5.49. The molecule has 0 atom stereocenters. The number of hydrogen-bond donors (Lipinski definition) is 1. The molecule has 2 aromatic heterocycles. The molecule has 1 aromatic carbocycles. The van der Waals surface area contributed by atoms with Crippen molar-refractivity contribution >= 4 is 23.6 Å². The summed E-state index contributed by atoms with van der Waals surface area (Å²) in [6, 6.07) is 8.22. The first-order valence-corrected chi connectivity index (χ1v) is 10.0. The molecule has 1 N–H and O–H groups in total. The van der Waals surface area contributed by atoms with Gasteiger partial charge in [-0.2, -0.15) is 5.10 Å². The van der Waals surface area contributed by atoms with Crippen LogP contribution in [0.1, 0.15) is 47.2 Å². The number of nitrogens with one attached hydrogen (secondary N) is 1. The zero-order chi connectivity index (χ0) is 20.4. The molecule has 7 nitrogen and oxygen atoms in total. The van der Waals surface area contributed by atoms with Gasteiger partial charge in [0.25, 0.3) is 0 Å². The van der Waals surface area contributed by atoms with Crippen molar-refractivity contribution in [1.82, 2.24) is 29.9 Å². The van der Waals surface area contributed by atoms with Gasteiger partial charge < -0.3 is 9.88 Å². The second-order valence-corrected chi connectivity index (χ2v) is 7.68. The van der Waals surface area contributed by atoms with Gasteiger partial charge in [0.05, 0.1) is 18.8 Å². The molecule has 150 valence electrons. The van der Waals surface area contributed by atoms with E-state index in [9.17, 15) is 4.79 Å². The summed E-state index contributed by atoms with van der Waals surface area (Å²) in [5.74, 6) is 0.613. The Balaban J connectivity index is 1.41. The van der Waals surface area contributed by atoms with E-state index in [-0.39, 0.29) is 5.91 Å². The Hall–Kier alpha value is -2.93. The highest BCUT2D eigenvalue weighted by atomic mass is 35.5. The fourth-order valence-corrected chi connectivity index (χ4v) is 3.52. The summed E-state index contributed by atoms with van der Waals surface area (Å²) >= 11 is 6.27. The molecule has 0 radical (unpaired) electrons. The third kappa shape index (κ3) is 4.40. The summed E-state index contributed by atoms with van der Waals surface area (Å²) in [4.78, 5) is 12.3. The molecular formula is C21H23ClN6O. The zero-order valence-corrected chi connectivity index (χ0v) is 17.2. The van der Waals surface area contributed by atoms with Crippen molar-refractivity contribution in [2.24, 2.45) is 0 Å². The summed E-state index contributed by atoms with van der Waals surface area (Å²) in [6.07, 6.45) is 7.37. The molecule has 1 fully saturated rings. The molecule has 4 rings (SSSR count). The number of aryl methyl sites for hydroxylation is 1. The fourth-order valence-electron chi connectivity index (χ4n) is 3.33. The van der Waals surface area contributed by atoms with E-state index in [2.05, 4.69) is 20.6 Å². The van der Waals surface area contributed by atoms with Gasteiger partial charge in [0, 0.05) is 28.4 Å². The molecule has 2 heterocycles. The normalized spacial score (nSPS) is 13.9. The molecule has 1 aliphatic carbocycles. The molecular weight excluding hydrogens is 388 g/mol. The lowest BCUT2D eigenvalue weighted by Gasteiger charge is -2.06. The minimum Gasteiger partial charge on any atom is -0.345 e. The smallest absolute Gasteiger partial charge is 0.244 e. The number of rotatable bonds is 7. The van der Waals surface area contributed by atoms with Gasteiger partial charge in [0.15, 0.2) is 5.82 Å². The molecule has 0 spiro atoms. The van der Waals surface area contributed by atoms with Crippen LogP contribution >= 0.6 is 11.6 Å². The zero-order valence-electron chi connectivity index (χ0n) is 16.5. The highest BCUT2D eigenvalue weighted by molar-refractivity contribution is 6.31. The van der Waals surface area contributed by atoms with E-state index in [4.69, 9.17) is 11.6 Å². The van der Waals surface area contributed by atoms with Gasteiger partial charge in [-0.15, -0.1) is 10.2 Å². The van der Waals surface area contributed by atoms with E-state index < -0.39 is 0 Å². The van der Waals surface area contributed by atoms with Crippen molar-refractivity contribution in [1.29, 1.82) is 0 Å². The van der Waals surface area contributed by atoms with Crippen molar-refractivity contribution in [3.8, 4) is 0 Å². The van der Waals surface area contributed by atoms with Gasteiger partial charge in [-0.1, -0.05) is 29.8 Å². The Bertz CT molecular complexity index is 1060. The minimum atomic E-state index is -0.173. The van der Waals surface area contributed by atoms with Crippen LogP contribution in [0.4, 0.5) is 0 Å². The second kappa shape index (κ2) is 8.21. The molecule has 3 aromatic rings. The second-order valence-electron chi connectivity index (χ2n) is 7.27. The maximum atomic E-state index is 12.3. The van der Waals surface area contributed by atoms with Gasteiger partial charge in [-0.05, 0) is 44.4 Å². The van der Waals surface area contributed by atoms with E-state index >= 15 is 0 Å². The highest BCUT2D eigenvalue weighted by Crippen LogP contribution is 2.35. The number of aromatic nitrogens is 5. The van der Waals surface area contributed by atoms with Crippen molar-refractivity contribution in [3.63, 3.8) is 0 Å². The summed E-state index contributed by atoms with van der Waals surface area (Å²) in [5, 5.41) is 16.2. The van der Waals surface area contributed by atoms with E-state index in [1.165, 1.54) is 6.08 Å². The first-order valence-electron chi connectivity index (χ1n) is 9.64. The molecule has 0 unspecified atom stereocenters. The average molecular weight is 411 g/mol. The maximum Gasteiger partial charge on any atom is 0.244 e. The first kappa shape index (κ1) is 19.4. The van der Waals surface area contributed by atoms with Gasteiger partial charge in [-0.3, -0.25) is 9.48 Å². The van der Waals surface area contributed by atoms with Crippen LogP contribution in [0.15, 0.2) is 36.7 Å². The first-order chi connectivity index (χ1) is 14.0. The Labute approximate surface area is 174 Å². The van der Waals surface area contributed by atoms with Crippen LogP contribution in [0.5, 0.6) is 0 Å². The Morgan fingerprint density at radius 2 is 2.10 bits per heavy atom. The van der Waals surface area contributed by atoms with E-state index in [0.717, 1.165) is 46.2 Å². The van der Waals surface area contributed by atoms with Crippen LogP contribution in [-0.4, -0.2) is 30.5 Å². The highest BCUT2D eigenvalue weighted by Gasteiger charge is 2.25. The van der Waals surface area contributed by atoms with Crippen molar-refractivity contribution < 1.29 is 4.79 Å². The number of carbonyl (C=O) groups is 1. The number of hydrogen-bond acceptors (Lipinski definition) is 4. The Morgan fingerprint density at radius 1 is 1.31 bits per heavy atom. The topological polar surface area (TPSA) is 77.6 Å². The molecule has 8 heteroatoms. The van der Waals surface area contributed by atoms with Gasteiger partial charge in [-0.25, -0.2) is 0 Å². The number of amides is 1. The lowest BCUT2D eigenvalue weighted by Crippen LogP contribution is -2.22. The molecule has 29 heavy (non-hydrogen) atoms. The average Bonchev–Trinajstić information content (AvgIpc) is 3.38. The molecule has 0 aliphatic heterocycles. The van der Waals surface area contributed by atoms with Gasteiger partial charge in [0.2, 0.25) is 5.91 Å². The molecule has 1 amide bonds. The van der Waals surface area contributed by atoms with E-state index in [1.54, 1.807) is 6.33 Å². The lowest BCUT2D eigenvalue weighted by atomic mass is 10.1. The molecule has 0 saturated heterocycles. The van der Waals surface area contributed by atoms with E-state index in [1.807, 2.05) is 53.4 Å². The largest absolute Gasteiger partial charge is 0.345 e. The van der Waals surface area contributed by atoms with Crippen LogP contribution in [0, 0.1) is 13.8 Å². The molecule has 0 bridgehead atoms. The minimum absolute atomic E-state index is 0.173. The molecule has 1 aliphatic rings. The fraction of sp³-hybridized carbons (Fsp3) is 0.333. The van der Waals surface area contributed by atoms with Crippen molar-refractivity contribution in [2.45, 2.75) is 45.8 Å². The SMILES string of the molecule is Cc1nn(Cc2ccccc2Cl)c(C)c1/C=C/C(=O)NCc1nncn1C1CC1. The summed E-state index contributed by atoms with van der Waals surface area (Å²) in [7, 11) is 0. The van der Waals surface area contributed by atoms with Gasteiger partial charge in [0.1, 0.15) is 6.33 Å². The van der Waals surface area contributed by atoms with Crippen LogP contribution < -0.4 is 5.32 Å². The summed E-state index contributed by atoms with van der Waals surface area (Å²) in [5.41, 5.74) is 3.80. The van der Waals surface area contributed by atoms with Crippen LogP contribution in [0.25, 0.3) is 6.08 Å². The quantitative estimate of drug-likeness (QED) is 0.605. The summed E-state index contributed by atoms with van der Waals surface area (Å²) in [6.45, 7) is 4.88. The predicted molar refractivity (Wildman–Crippen MR) is 111 cm³/mol. The van der Waals surface area contributed by atoms with Crippen molar-refractivity contribution in [3.05, 3.63) is 70.0 Å². The monoisotopic (exact) mass is 410 g/mol. The van der Waals surface area contributed by atoms with Gasteiger partial charge >= 0.3 is 0 Å². The van der Waals surface area contributed by atoms with E-state index in [0.29, 0.717) is 19.1 Å². The number of carbonyl (C=O) groups excluding carboxylic acids is 1. The Morgan fingerprint density at radius 3 is 2.86 bits per heavy atom. The number of benzene rings is 1. The maximum absolute atomic E-state index is 12.3. The van der Waals surface area contributed by atoms with Crippen LogP contribution in [0.3, 0.4) is 0 Å². The van der Waals surface area contributed by atoms with Crippen LogP contribution in [0.2, 0.25) is 5.02 Å². The number of nitrogens with zero attached hydrogens (tertiary/aromatic N) is 5. The standard InChI is InChI=1S/C21H23ClN6O/c1-14-18(15(2)28(26-14)12-16-5-3-4-6-19(16)22)9-10-21(29)23-11-20-25-24-13-27(20)17-7-8-17/h3-6,9-10,13,17H,7-8,11-12H2,1-2H3,(H,23,29)/b10-9+. The lowest BCUT2D eigenvalue weighted by molar-refractivity contribution is -0.116. The summed E-state index contributed by atoms with van der Waals surface area (Å²) < 4.78 is 3.95. The van der Waals surface area contributed by atoms with Crippen molar-refractivity contribution in [2.75, 3.05) is 0 Å². The number of halogens is 1. The van der Waals surface area contributed by atoms with Crippen LogP contribution in [-0.2, 0) is 17.9 Å². The third-order valence-electron chi connectivity index (χ3n) is 5.13. The molecule has 1 saturated carbocycles. The predicted octanol–water partition coefficient (Wildman–Crippen LogP) is 3.46.